The van der Waals surface area contributed by atoms with Crippen LogP contribution in [0.1, 0.15) is 25.8 Å². The summed E-state index contributed by atoms with van der Waals surface area (Å²) in [6.45, 7) is 2.99. The standard InChI is InChI=1S/C9H16N4O2S/c1-2-7-16(14,15)12-5-3-9(8-12)13-6-4-10-11-13/h4,6,9H,2-3,5,7-8H2,1H3. The second-order valence-electron chi connectivity index (χ2n) is 4.00. The molecule has 0 spiro atoms. The Kier molecular flexibility index (Phi) is 3.25. The normalized spacial score (nSPS) is 22.7. The smallest absolute Gasteiger partial charge is 0.214 e. The molecule has 1 aromatic rings. The van der Waals surface area contributed by atoms with Crippen LogP contribution in [-0.4, -0.2) is 46.6 Å². The molecule has 1 unspecified atom stereocenters. The van der Waals surface area contributed by atoms with E-state index in [-0.39, 0.29) is 11.8 Å². The lowest BCUT2D eigenvalue weighted by molar-refractivity contribution is 0.428. The van der Waals surface area contributed by atoms with Gasteiger partial charge < -0.3 is 0 Å². The average molecular weight is 244 g/mol. The predicted octanol–water partition coefficient (Wildman–Crippen LogP) is 0.265. The molecule has 16 heavy (non-hydrogen) atoms. The van der Waals surface area contributed by atoms with Gasteiger partial charge in [0.05, 0.1) is 18.0 Å². The van der Waals surface area contributed by atoms with Crippen molar-refractivity contribution in [2.75, 3.05) is 18.8 Å². The zero-order valence-corrected chi connectivity index (χ0v) is 10.1. The number of hydrogen-bond donors (Lipinski definition) is 0. The molecule has 2 heterocycles. The first-order valence-electron chi connectivity index (χ1n) is 5.47. The summed E-state index contributed by atoms with van der Waals surface area (Å²) in [5.74, 6) is 0.233. The third-order valence-electron chi connectivity index (χ3n) is 2.80. The van der Waals surface area contributed by atoms with E-state index in [1.54, 1.807) is 21.4 Å². The lowest BCUT2D eigenvalue weighted by Crippen LogP contribution is -2.31. The van der Waals surface area contributed by atoms with Gasteiger partial charge in [-0.25, -0.2) is 13.1 Å². The SMILES string of the molecule is CCCS(=O)(=O)N1CCC(n2ccnn2)C1. The minimum atomic E-state index is -3.06. The van der Waals surface area contributed by atoms with Crippen molar-refractivity contribution in [2.24, 2.45) is 0 Å². The van der Waals surface area contributed by atoms with Crippen molar-refractivity contribution in [3.63, 3.8) is 0 Å². The minimum absolute atomic E-state index is 0.133. The molecule has 0 saturated carbocycles. The van der Waals surface area contributed by atoms with E-state index in [0.29, 0.717) is 19.5 Å². The summed E-state index contributed by atoms with van der Waals surface area (Å²) in [5.41, 5.74) is 0. The van der Waals surface area contributed by atoms with Crippen LogP contribution in [-0.2, 0) is 10.0 Å². The van der Waals surface area contributed by atoms with Gasteiger partial charge in [0.2, 0.25) is 10.0 Å². The van der Waals surface area contributed by atoms with Crippen molar-refractivity contribution in [1.82, 2.24) is 19.3 Å². The number of rotatable bonds is 4. The van der Waals surface area contributed by atoms with Crippen molar-refractivity contribution in [3.8, 4) is 0 Å². The Bertz CT molecular complexity index is 428. The Hall–Kier alpha value is -0.950. The highest BCUT2D eigenvalue weighted by Crippen LogP contribution is 2.23. The molecule has 1 saturated heterocycles. The van der Waals surface area contributed by atoms with Crippen LogP contribution < -0.4 is 0 Å². The summed E-state index contributed by atoms with van der Waals surface area (Å²) in [5, 5.41) is 7.64. The van der Waals surface area contributed by atoms with E-state index in [9.17, 15) is 8.42 Å². The number of sulfonamides is 1. The maximum atomic E-state index is 11.8. The first kappa shape index (κ1) is 11.5. The van der Waals surface area contributed by atoms with Gasteiger partial charge in [-0.15, -0.1) is 5.10 Å². The highest BCUT2D eigenvalue weighted by Gasteiger charge is 2.31. The highest BCUT2D eigenvalue weighted by atomic mass is 32.2. The van der Waals surface area contributed by atoms with E-state index < -0.39 is 10.0 Å². The van der Waals surface area contributed by atoms with E-state index in [1.807, 2.05) is 6.92 Å². The van der Waals surface area contributed by atoms with Crippen LogP contribution in [0.4, 0.5) is 0 Å². The van der Waals surface area contributed by atoms with Gasteiger partial charge in [0.25, 0.3) is 0 Å². The number of nitrogens with zero attached hydrogens (tertiary/aromatic N) is 4. The fraction of sp³-hybridized carbons (Fsp3) is 0.778. The van der Waals surface area contributed by atoms with E-state index in [1.165, 1.54) is 0 Å². The minimum Gasteiger partial charge on any atom is -0.248 e. The van der Waals surface area contributed by atoms with Gasteiger partial charge in [-0.05, 0) is 12.8 Å². The molecule has 0 aromatic carbocycles. The topological polar surface area (TPSA) is 68.1 Å². The Morgan fingerprint density at radius 1 is 1.50 bits per heavy atom. The molecular weight excluding hydrogens is 228 g/mol. The molecule has 1 aromatic heterocycles. The van der Waals surface area contributed by atoms with Crippen molar-refractivity contribution >= 4 is 10.0 Å². The van der Waals surface area contributed by atoms with Gasteiger partial charge in [0.15, 0.2) is 0 Å². The van der Waals surface area contributed by atoms with Crippen molar-refractivity contribution in [3.05, 3.63) is 12.4 Å². The Labute approximate surface area is 95.3 Å². The van der Waals surface area contributed by atoms with Crippen LogP contribution in [0.15, 0.2) is 12.4 Å². The molecule has 0 amide bonds. The third kappa shape index (κ3) is 2.25. The van der Waals surface area contributed by atoms with Crippen LogP contribution in [0.25, 0.3) is 0 Å². The molecule has 0 N–H and O–H groups in total. The highest BCUT2D eigenvalue weighted by molar-refractivity contribution is 7.89. The lowest BCUT2D eigenvalue weighted by atomic mass is 10.3. The number of hydrogen-bond acceptors (Lipinski definition) is 4. The molecule has 0 aliphatic carbocycles. The monoisotopic (exact) mass is 244 g/mol. The molecule has 7 heteroatoms. The fourth-order valence-electron chi connectivity index (χ4n) is 1.98. The second-order valence-corrected chi connectivity index (χ2v) is 6.09. The Morgan fingerprint density at radius 2 is 2.31 bits per heavy atom. The van der Waals surface area contributed by atoms with Crippen molar-refractivity contribution in [2.45, 2.75) is 25.8 Å². The van der Waals surface area contributed by atoms with Crippen LogP contribution in [0.2, 0.25) is 0 Å². The van der Waals surface area contributed by atoms with Gasteiger partial charge in [-0.1, -0.05) is 12.1 Å². The summed E-state index contributed by atoms with van der Waals surface area (Å²) < 4.78 is 27.0. The first-order valence-corrected chi connectivity index (χ1v) is 7.08. The summed E-state index contributed by atoms with van der Waals surface area (Å²) >= 11 is 0. The Morgan fingerprint density at radius 3 is 2.94 bits per heavy atom. The van der Waals surface area contributed by atoms with Gasteiger partial charge >= 0.3 is 0 Å². The number of aromatic nitrogens is 3. The zero-order valence-electron chi connectivity index (χ0n) is 9.28. The molecule has 0 radical (unpaired) electrons. The third-order valence-corrected chi connectivity index (χ3v) is 4.84. The van der Waals surface area contributed by atoms with E-state index in [0.717, 1.165) is 6.42 Å². The molecular formula is C9H16N4O2S. The Balaban J connectivity index is 2.04. The lowest BCUT2D eigenvalue weighted by Gasteiger charge is -2.15. The molecule has 1 aliphatic rings. The molecule has 1 aliphatic heterocycles. The summed E-state index contributed by atoms with van der Waals surface area (Å²) in [4.78, 5) is 0. The van der Waals surface area contributed by atoms with E-state index in [2.05, 4.69) is 10.3 Å². The van der Waals surface area contributed by atoms with Gasteiger partial charge in [0, 0.05) is 19.3 Å². The second kappa shape index (κ2) is 4.50. The average Bonchev–Trinajstić information content (AvgIpc) is 2.89. The van der Waals surface area contributed by atoms with Crippen LogP contribution >= 0.6 is 0 Å². The molecule has 90 valence electrons. The molecule has 1 atom stereocenters. The van der Waals surface area contributed by atoms with Crippen LogP contribution in [0.5, 0.6) is 0 Å². The summed E-state index contributed by atoms with van der Waals surface area (Å²) in [7, 11) is -3.06. The molecule has 6 nitrogen and oxygen atoms in total. The molecule has 0 bridgehead atoms. The van der Waals surface area contributed by atoms with Crippen LogP contribution in [0.3, 0.4) is 0 Å². The zero-order chi connectivity index (χ0) is 11.6. The van der Waals surface area contributed by atoms with E-state index >= 15 is 0 Å². The molecule has 1 fully saturated rings. The predicted molar refractivity (Wildman–Crippen MR) is 59.3 cm³/mol. The summed E-state index contributed by atoms with van der Waals surface area (Å²) in [6, 6.07) is 0.133. The largest absolute Gasteiger partial charge is 0.248 e. The van der Waals surface area contributed by atoms with Crippen molar-refractivity contribution < 1.29 is 8.42 Å². The van der Waals surface area contributed by atoms with Gasteiger partial charge in [-0.2, -0.15) is 4.31 Å². The maximum Gasteiger partial charge on any atom is 0.214 e. The summed E-state index contributed by atoms with van der Waals surface area (Å²) in [6.07, 6.45) is 4.86. The van der Waals surface area contributed by atoms with Crippen LogP contribution in [0, 0.1) is 0 Å². The van der Waals surface area contributed by atoms with E-state index in [4.69, 9.17) is 0 Å². The van der Waals surface area contributed by atoms with Gasteiger partial charge in [-0.3, -0.25) is 0 Å². The maximum absolute atomic E-state index is 11.8. The van der Waals surface area contributed by atoms with Gasteiger partial charge in [0.1, 0.15) is 0 Å². The first-order chi connectivity index (χ1) is 7.63. The van der Waals surface area contributed by atoms with Crippen molar-refractivity contribution in [1.29, 1.82) is 0 Å². The fourth-order valence-corrected chi connectivity index (χ4v) is 3.54. The molecule has 2 rings (SSSR count). The quantitative estimate of drug-likeness (QED) is 0.762.